The summed E-state index contributed by atoms with van der Waals surface area (Å²) in [7, 11) is 0. The second-order valence-corrected chi connectivity index (χ2v) is 6.88. The molecule has 1 unspecified atom stereocenters. The van der Waals surface area contributed by atoms with Gasteiger partial charge < -0.3 is 20.5 Å². The summed E-state index contributed by atoms with van der Waals surface area (Å²) in [5.74, 6) is 0.0923. The van der Waals surface area contributed by atoms with Crippen molar-refractivity contribution in [2.45, 2.75) is 57.3 Å². The summed E-state index contributed by atoms with van der Waals surface area (Å²) in [6.07, 6.45) is 7.04. The molecule has 5 nitrogen and oxygen atoms in total. The van der Waals surface area contributed by atoms with Gasteiger partial charge in [-0.25, -0.2) is 0 Å². The number of carbonyl (C=O) groups excluding carboxylic acids is 1. The molecule has 0 bridgehead atoms. The third-order valence-corrected chi connectivity index (χ3v) is 5.09. The molecule has 0 spiro atoms. The monoisotopic (exact) mass is 332 g/mol. The Hall–Kier alpha value is -1.43. The van der Waals surface area contributed by atoms with Gasteiger partial charge in [0.1, 0.15) is 0 Å². The number of nitrogens with two attached hydrogens (primary N) is 1. The van der Waals surface area contributed by atoms with Crippen molar-refractivity contribution in [1.82, 2.24) is 0 Å². The van der Waals surface area contributed by atoms with E-state index in [0.717, 1.165) is 24.1 Å². The third kappa shape index (κ3) is 4.79. The lowest BCUT2D eigenvalue weighted by molar-refractivity contribution is -0.119. The van der Waals surface area contributed by atoms with Crippen LogP contribution in [-0.2, 0) is 20.9 Å². The molecule has 2 fully saturated rings. The number of anilines is 1. The lowest BCUT2D eigenvalue weighted by Gasteiger charge is -2.26. The first-order valence-corrected chi connectivity index (χ1v) is 9.07. The molecule has 2 aliphatic rings. The van der Waals surface area contributed by atoms with Crippen molar-refractivity contribution in [2.24, 2.45) is 11.7 Å². The quantitative estimate of drug-likeness (QED) is 0.840. The molecule has 1 amide bonds. The molecule has 0 aromatic heterocycles. The van der Waals surface area contributed by atoms with Crippen LogP contribution in [0.3, 0.4) is 0 Å². The van der Waals surface area contributed by atoms with Crippen molar-refractivity contribution in [3.8, 4) is 0 Å². The van der Waals surface area contributed by atoms with E-state index in [2.05, 4.69) is 5.32 Å². The maximum Gasteiger partial charge on any atom is 0.241 e. The molecule has 0 radical (unpaired) electrons. The van der Waals surface area contributed by atoms with Crippen LogP contribution >= 0.6 is 0 Å². The number of benzene rings is 1. The zero-order chi connectivity index (χ0) is 16.8. The molecule has 3 N–H and O–H groups in total. The second kappa shape index (κ2) is 8.60. The van der Waals surface area contributed by atoms with E-state index in [4.69, 9.17) is 15.2 Å². The topological polar surface area (TPSA) is 73.6 Å². The highest BCUT2D eigenvalue weighted by atomic mass is 16.5. The number of hydrogen-bond acceptors (Lipinski definition) is 4. The normalized spacial score (nSPS) is 20.9. The van der Waals surface area contributed by atoms with Gasteiger partial charge in [0.2, 0.25) is 5.91 Å². The molecule has 1 saturated carbocycles. The van der Waals surface area contributed by atoms with Crippen LogP contribution in [0.4, 0.5) is 5.69 Å². The summed E-state index contributed by atoms with van der Waals surface area (Å²) in [5, 5.41) is 2.92. The molecule has 3 rings (SSSR count). The van der Waals surface area contributed by atoms with Gasteiger partial charge >= 0.3 is 0 Å². The molecule has 5 heteroatoms. The van der Waals surface area contributed by atoms with Crippen LogP contribution in [0, 0.1) is 5.92 Å². The van der Waals surface area contributed by atoms with Crippen molar-refractivity contribution in [1.29, 1.82) is 0 Å². The minimum atomic E-state index is -0.473. The largest absolute Gasteiger partial charge is 0.381 e. The standard InChI is InChI=1S/C19H28N2O3/c20-18(15-9-11-23-12-10-15)19(22)21-16-7-5-14(6-8-16)13-24-17-3-1-2-4-17/h5-8,15,17-18H,1-4,9-13,20H2,(H,21,22). The van der Waals surface area contributed by atoms with Crippen LogP contribution in [0.15, 0.2) is 24.3 Å². The lowest BCUT2D eigenvalue weighted by atomic mass is 9.92. The molecular weight excluding hydrogens is 304 g/mol. The lowest BCUT2D eigenvalue weighted by Crippen LogP contribution is -2.43. The number of amides is 1. The van der Waals surface area contributed by atoms with Gasteiger partial charge in [0, 0.05) is 18.9 Å². The fourth-order valence-electron chi connectivity index (χ4n) is 3.47. The van der Waals surface area contributed by atoms with E-state index in [1.165, 1.54) is 25.7 Å². The van der Waals surface area contributed by atoms with Crippen LogP contribution in [0.25, 0.3) is 0 Å². The Morgan fingerprint density at radius 2 is 1.83 bits per heavy atom. The summed E-state index contributed by atoms with van der Waals surface area (Å²) in [6.45, 7) is 2.03. The Morgan fingerprint density at radius 1 is 1.17 bits per heavy atom. The summed E-state index contributed by atoms with van der Waals surface area (Å²) in [6, 6.07) is 7.37. The molecule has 24 heavy (non-hydrogen) atoms. The predicted octanol–water partition coefficient (Wildman–Crippen LogP) is 2.84. The minimum Gasteiger partial charge on any atom is -0.381 e. The van der Waals surface area contributed by atoms with Crippen molar-refractivity contribution < 1.29 is 14.3 Å². The first-order valence-electron chi connectivity index (χ1n) is 9.07. The number of ether oxygens (including phenoxy) is 2. The van der Waals surface area contributed by atoms with Crippen molar-refractivity contribution in [2.75, 3.05) is 18.5 Å². The molecule has 1 aromatic carbocycles. The zero-order valence-corrected chi connectivity index (χ0v) is 14.2. The van der Waals surface area contributed by atoms with Crippen LogP contribution in [0.5, 0.6) is 0 Å². The molecular formula is C19H28N2O3. The number of hydrogen-bond donors (Lipinski definition) is 2. The van der Waals surface area contributed by atoms with E-state index in [-0.39, 0.29) is 11.8 Å². The summed E-state index contributed by atoms with van der Waals surface area (Å²) in [5.41, 5.74) is 8.02. The summed E-state index contributed by atoms with van der Waals surface area (Å²) in [4.78, 5) is 12.3. The molecule has 132 valence electrons. The Labute approximate surface area is 143 Å². The molecule has 1 atom stereocenters. The Bertz CT molecular complexity index is 520. The van der Waals surface area contributed by atoms with Crippen LogP contribution in [0.2, 0.25) is 0 Å². The van der Waals surface area contributed by atoms with Crippen molar-refractivity contribution in [3.63, 3.8) is 0 Å². The van der Waals surface area contributed by atoms with E-state index < -0.39 is 6.04 Å². The van der Waals surface area contributed by atoms with Gasteiger partial charge in [-0.2, -0.15) is 0 Å². The predicted molar refractivity (Wildman–Crippen MR) is 93.6 cm³/mol. The first kappa shape index (κ1) is 17.4. The second-order valence-electron chi connectivity index (χ2n) is 6.88. The van der Waals surface area contributed by atoms with Crippen LogP contribution in [0.1, 0.15) is 44.1 Å². The van der Waals surface area contributed by atoms with E-state index in [0.29, 0.717) is 25.9 Å². The van der Waals surface area contributed by atoms with E-state index in [1.54, 1.807) is 0 Å². The van der Waals surface area contributed by atoms with Crippen LogP contribution < -0.4 is 11.1 Å². The maximum absolute atomic E-state index is 12.3. The molecule has 1 aromatic rings. The van der Waals surface area contributed by atoms with Crippen molar-refractivity contribution >= 4 is 11.6 Å². The van der Waals surface area contributed by atoms with Gasteiger partial charge in [0.05, 0.1) is 18.8 Å². The number of nitrogens with one attached hydrogen (secondary N) is 1. The third-order valence-electron chi connectivity index (χ3n) is 5.09. The van der Waals surface area contributed by atoms with E-state index >= 15 is 0 Å². The highest BCUT2D eigenvalue weighted by Crippen LogP contribution is 2.23. The number of rotatable bonds is 6. The molecule has 1 saturated heterocycles. The molecule has 1 aliphatic heterocycles. The highest BCUT2D eigenvalue weighted by Gasteiger charge is 2.26. The fourth-order valence-corrected chi connectivity index (χ4v) is 3.47. The Kier molecular flexibility index (Phi) is 6.24. The first-order chi connectivity index (χ1) is 11.7. The summed E-state index contributed by atoms with van der Waals surface area (Å²) < 4.78 is 11.2. The van der Waals surface area contributed by atoms with E-state index in [9.17, 15) is 4.79 Å². The average molecular weight is 332 g/mol. The van der Waals surface area contributed by atoms with Gasteiger partial charge in [-0.15, -0.1) is 0 Å². The van der Waals surface area contributed by atoms with Gasteiger partial charge in [-0.3, -0.25) is 4.79 Å². The smallest absolute Gasteiger partial charge is 0.241 e. The maximum atomic E-state index is 12.3. The highest BCUT2D eigenvalue weighted by molar-refractivity contribution is 5.94. The minimum absolute atomic E-state index is 0.114. The zero-order valence-electron chi connectivity index (χ0n) is 14.2. The van der Waals surface area contributed by atoms with Gasteiger partial charge in [0.25, 0.3) is 0 Å². The fraction of sp³-hybridized carbons (Fsp3) is 0.632. The number of carbonyl (C=O) groups is 1. The average Bonchev–Trinajstić information content (AvgIpc) is 3.15. The van der Waals surface area contributed by atoms with Gasteiger partial charge in [-0.05, 0) is 49.3 Å². The molecule has 1 heterocycles. The van der Waals surface area contributed by atoms with Gasteiger partial charge in [0.15, 0.2) is 0 Å². The Morgan fingerprint density at radius 3 is 2.50 bits per heavy atom. The van der Waals surface area contributed by atoms with Crippen molar-refractivity contribution in [3.05, 3.63) is 29.8 Å². The van der Waals surface area contributed by atoms with Crippen LogP contribution in [-0.4, -0.2) is 31.3 Å². The SMILES string of the molecule is NC(C(=O)Nc1ccc(COC2CCCC2)cc1)C1CCOCC1. The van der Waals surface area contributed by atoms with Gasteiger partial charge in [-0.1, -0.05) is 25.0 Å². The van der Waals surface area contributed by atoms with E-state index in [1.807, 2.05) is 24.3 Å². The summed E-state index contributed by atoms with van der Waals surface area (Å²) >= 11 is 0. The molecule has 1 aliphatic carbocycles. The Balaban J connectivity index is 1.46.